The van der Waals surface area contributed by atoms with Gasteiger partial charge in [-0.1, -0.05) is 5.16 Å². The predicted molar refractivity (Wildman–Crippen MR) is 52.0 cm³/mol. The van der Waals surface area contributed by atoms with E-state index in [0.29, 0.717) is 5.56 Å². The van der Waals surface area contributed by atoms with E-state index >= 15 is 0 Å². The number of nitriles is 1. The van der Waals surface area contributed by atoms with Crippen LogP contribution in [0.3, 0.4) is 0 Å². The molecule has 92 valence electrons. The Hall–Kier alpha value is -2.43. The van der Waals surface area contributed by atoms with E-state index < -0.39 is 18.4 Å². The lowest BCUT2D eigenvalue weighted by Crippen LogP contribution is -2.12. The molecule has 2 rings (SSSR count). The van der Waals surface area contributed by atoms with Gasteiger partial charge in [0, 0.05) is 11.8 Å². The van der Waals surface area contributed by atoms with Crippen molar-refractivity contribution in [3.63, 3.8) is 0 Å². The molecule has 0 aromatic carbocycles. The minimum atomic E-state index is -4.39. The molecule has 0 amide bonds. The molecular weight excluding hydrogens is 249 g/mol. The molecule has 2 aromatic rings. The first-order valence-corrected chi connectivity index (χ1v) is 4.74. The number of halogens is 3. The van der Waals surface area contributed by atoms with Gasteiger partial charge in [0.15, 0.2) is 5.82 Å². The maximum atomic E-state index is 12.1. The topological polar surface area (TPSA) is 75.6 Å². The maximum absolute atomic E-state index is 12.1. The number of hydrogen-bond acceptors (Lipinski definition) is 5. The number of aromatic nitrogens is 3. The summed E-state index contributed by atoms with van der Waals surface area (Å²) in [7, 11) is 0. The lowest BCUT2D eigenvalue weighted by atomic mass is 10.2. The summed E-state index contributed by atoms with van der Waals surface area (Å²) in [5, 5.41) is 11.9. The zero-order valence-electron chi connectivity index (χ0n) is 8.77. The van der Waals surface area contributed by atoms with Crippen LogP contribution in [0.5, 0.6) is 0 Å². The summed E-state index contributed by atoms with van der Waals surface area (Å²) in [4.78, 5) is 7.32. The van der Waals surface area contributed by atoms with Gasteiger partial charge >= 0.3 is 6.18 Å². The number of alkyl halides is 3. The normalized spacial score (nSPS) is 11.2. The van der Waals surface area contributed by atoms with Crippen LogP contribution < -0.4 is 0 Å². The van der Waals surface area contributed by atoms with E-state index in [0.717, 1.165) is 0 Å². The van der Waals surface area contributed by atoms with Gasteiger partial charge in [-0.25, -0.2) is 4.98 Å². The number of rotatable bonds is 2. The third-order valence-electron chi connectivity index (χ3n) is 1.95. The van der Waals surface area contributed by atoms with Gasteiger partial charge in [0.2, 0.25) is 0 Å². The average Bonchev–Trinajstić information content (AvgIpc) is 2.75. The molecule has 0 radical (unpaired) electrons. The number of pyridine rings is 1. The van der Waals surface area contributed by atoms with E-state index in [1.54, 1.807) is 6.07 Å². The summed E-state index contributed by atoms with van der Waals surface area (Å²) in [5.41, 5.74) is 0.463. The van der Waals surface area contributed by atoms with Crippen molar-refractivity contribution in [2.24, 2.45) is 0 Å². The number of nitrogens with zero attached hydrogens (tertiary/aromatic N) is 4. The first-order chi connectivity index (χ1) is 8.48. The second-order valence-electron chi connectivity index (χ2n) is 3.35. The molecule has 18 heavy (non-hydrogen) atoms. The van der Waals surface area contributed by atoms with Crippen LogP contribution in [0.25, 0.3) is 11.5 Å². The molecule has 0 fully saturated rings. The molecule has 0 saturated carbocycles. The Morgan fingerprint density at radius 1 is 1.39 bits per heavy atom. The quantitative estimate of drug-likeness (QED) is 0.820. The zero-order chi connectivity index (χ0) is 13.2. The van der Waals surface area contributed by atoms with E-state index in [-0.39, 0.29) is 11.6 Å². The van der Waals surface area contributed by atoms with Gasteiger partial charge in [-0.3, -0.25) is 0 Å². The van der Waals surface area contributed by atoms with Gasteiger partial charge in [-0.2, -0.15) is 23.4 Å². The molecule has 0 atom stereocenters. The summed E-state index contributed by atoms with van der Waals surface area (Å²) in [6.45, 7) is 0. The van der Waals surface area contributed by atoms with Crippen LogP contribution in [-0.4, -0.2) is 21.3 Å². The largest absolute Gasteiger partial charge is 0.396 e. The lowest BCUT2D eigenvalue weighted by Gasteiger charge is -1.99. The molecule has 8 heteroatoms. The molecule has 0 unspecified atom stereocenters. The van der Waals surface area contributed by atoms with Crippen molar-refractivity contribution in [1.29, 1.82) is 5.26 Å². The van der Waals surface area contributed by atoms with Crippen LogP contribution in [0.4, 0.5) is 13.2 Å². The molecule has 5 nitrogen and oxygen atoms in total. The van der Waals surface area contributed by atoms with Gasteiger partial charge in [-0.15, -0.1) is 0 Å². The monoisotopic (exact) mass is 254 g/mol. The maximum Gasteiger partial charge on any atom is 0.396 e. The SMILES string of the molecule is N#Cc1cc(-c2nc(CC(F)(F)F)no2)ccn1. The van der Waals surface area contributed by atoms with Gasteiger partial charge in [0.1, 0.15) is 18.2 Å². The Bertz CT molecular complexity index is 600. The molecule has 2 heterocycles. The van der Waals surface area contributed by atoms with Crippen molar-refractivity contribution >= 4 is 0 Å². The second kappa shape index (κ2) is 4.44. The third-order valence-corrected chi connectivity index (χ3v) is 1.95. The molecule has 0 aliphatic heterocycles. The van der Waals surface area contributed by atoms with Gasteiger partial charge in [0.05, 0.1) is 0 Å². The summed E-state index contributed by atoms with van der Waals surface area (Å²) in [6, 6.07) is 4.62. The molecule has 0 spiro atoms. The van der Waals surface area contributed by atoms with Crippen molar-refractivity contribution < 1.29 is 17.7 Å². The molecular formula is C10H5F3N4O. The average molecular weight is 254 g/mol. The van der Waals surface area contributed by atoms with E-state index in [1.807, 2.05) is 0 Å². The number of hydrogen-bond donors (Lipinski definition) is 0. The van der Waals surface area contributed by atoms with Gasteiger partial charge in [-0.05, 0) is 12.1 Å². The van der Waals surface area contributed by atoms with Crippen molar-refractivity contribution in [1.82, 2.24) is 15.1 Å². The minimum Gasteiger partial charge on any atom is -0.334 e. The Kier molecular flexibility index (Phi) is 2.97. The Labute approximate surface area is 98.9 Å². The predicted octanol–water partition coefficient (Wildman–Crippen LogP) is 2.11. The summed E-state index contributed by atoms with van der Waals surface area (Å²) >= 11 is 0. The van der Waals surface area contributed by atoms with Crippen LogP contribution in [0.2, 0.25) is 0 Å². The fraction of sp³-hybridized carbons (Fsp3) is 0.200. The summed E-state index contributed by atoms with van der Waals surface area (Å²) < 4.78 is 41.0. The highest BCUT2D eigenvalue weighted by molar-refractivity contribution is 5.53. The van der Waals surface area contributed by atoms with Crippen LogP contribution in [0.15, 0.2) is 22.9 Å². The minimum absolute atomic E-state index is 0.0758. The standard InChI is InChI=1S/C10H5F3N4O/c11-10(12,13)4-8-16-9(18-17-8)6-1-2-15-7(3-6)5-14/h1-3H,4H2. The van der Waals surface area contributed by atoms with Crippen molar-refractivity contribution in [2.75, 3.05) is 0 Å². The second-order valence-corrected chi connectivity index (χ2v) is 3.35. The van der Waals surface area contributed by atoms with Crippen LogP contribution in [0, 0.1) is 11.3 Å². The molecule has 0 saturated heterocycles. The Morgan fingerprint density at radius 3 is 2.83 bits per heavy atom. The first kappa shape index (κ1) is 12.0. The fourth-order valence-electron chi connectivity index (χ4n) is 1.25. The highest BCUT2D eigenvalue weighted by atomic mass is 19.4. The van der Waals surface area contributed by atoms with Crippen LogP contribution in [0.1, 0.15) is 11.5 Å². The van der Waals surface area contributed by atoms with Crippen LogP contribution >= 0.6 is 0 Å². The van der Waals surface area contributed by atoms with E-state index in [1.165, 1.54) is 18.3 Å². The summed E-state index contributed by atoms with van der Waals surface area (Å²) in [6.07, 6.45) is -4.31. The molecule has 0 N–H and O–H groups in total. The summed E-state index contributed by atoms with van der Waals surface area (Å²) in [5.74, 6) is -0.527. The molecule has 0 bridgehead atoms. The van der Waals surface area contributed by atoms with Crippen molar-refractivity contribution in [3.8, 4) is 17.5 Å². The van der Waals surface area contributed by atoms with Crippen molar-refractivity contribution in [3.05, 3.63) is 29.8 Å². The van der Waals surface area contributed by atoms with Gasteiger partial charge in [0.25, 0.3) is 5.89 Å². The zero-order valence-corrected chi connectivity index (χ0v) is 8.77. The van der Waals surface area contributed by atoms with E-state index in [4.69, 9.17) is 9.78 Å². The molecule has 2 aromatic heterocycles. The van der Waals surface area contributed by atoms with Crippen LogP contribution in [-0.2, 0) is 6.42 Å². The van der Waals surface area contributed by atoms with E-state index in [2.05, 4.69) is 15.1 Å². The lowest BCUT2D eigenvalue weighted by molar-refractivity contribution is -0.128. The molecule has 0 aliphatic carbocycles. The first-order valence-electron chi connectivity index (χ1n) is 4.74. The van der Waals surface area contributed by atoms with E-state index in [9.17, 15) is 13.2 Å². The van der Waals surface area contributed by atoms with Crippen molar-refractivity contribution in [2.45, 2.75) is 12.6 Å². The fourth-order valence-corrected chi connectivity index (χ4v) is 1.25. The smallest absolute Gasteiger partial charge is 0.334 e. The Balaban J connectivity index is 2.27. The molecule has 0 aliphatic rings. The third kappa shape index (κ3) is 2.82. The highest BCUT2D eigenvalue weighted by Crippen LogP contribution is 2.22. The van der Waals surface area contributed by atoms with Gasteiger partial charge < -0.3 is 4.52 Å². The Morgan fingerprint density at radius 2 is 2.17 bits per heavy atom. The highest BCUT2D eigenvalue weighted by Gasteiger charge is 2.30.